The molecule has 0 saturated heterocycles. The molecule has 0 aromatic heterocycles. The molecular weight excluding hydrogens is 416 g/mol. The number of hydrogen-bond acceptors (Lipinski definition) is 4. The van der Waals surface area contributed by atoms with E-state index < -0.39 is 5.41 Å². The van der Waals surface area contributed by atoms with Crippen molar-refractivity contribution >= 4 is 17.5 Å². The summed E-state index contributed by atoms with van der Waals surface area (Å²) in [4.78, 5) is 25.2. The number of amides is 2. The van der Waals surface area contributed by atoms with Crippen molar-refractivity contribution in [2.24, 2.45) is 0 Å². The molecule has 1 fully saturated rings. The van der Waals surface area contributed by atoms with E-state index in [-0.39, 0.29) is 20.0 Å². The maximum absolute atomic E-state index is 13.3. The second-order valence-corrected chi connectivity index (χ2v) is 8.49. The number of ether oxygens (including phenoxy) is 2. The second kappa shape index (κ2) is 8.28. The summed E-state index contributed by atoms with van der Waals surface area (Å²) in [5, 5.41) is 5.78. The summed E-state index contributed by atoms with van der Waals surface area (Å²) >= 11 is 0. The molecule has 3 aromatic carbocycles. The molecule has 0 radical (unpaired) electrons. The first-order valence-electron chi connectivity index (χ1n) is 11.2. The molecule has 170 valence electrons. The Balaban J connectivity index is 0.00000274. The van der Waals surface area contributed by atoms with Gasteiger partial charge in [-0.2, -0.15) is 0 Å². The summed E-state index contributed by atoms with van der Waals surface area (Å²) in [7, 11) is 1.62. The van der Waals surface area contributed by atoms with Crippen molar-refractivity contribution < 1.29 is 20.5 Å². The molecule has 0 atom stereocenters. The van der Waals surface area contributed by atoms with Crippen molar-refractivity contribution in [3.05, 3.63) is 77.4 Å². The van der Waals surface area contributed by atoms with Crippen LogP contribution in [0, 0.1) is 0 Å². The van der Waals surface area contributed by atoms with Crippen LogP contribution >= 0.6 is 0 Å². The van der Waals surface area contributed by atoms with Gasteiger partial charge in [-0.25, -0.2) is 0 Å². The van der Waals surface area contributed by atoms with Gasteiger partial charge in [0.25, 0.3) is 5.91 Å². The van der Waals surface area contributed by atoms with Gasteiger partial charge in [-0.3, -0.25) is 9.59 Å². The predicted octanol–water partition coefficient (Wildman–Crippen LogP) is 4.92. The van der Waals surface area contributed by atoms with Crippen molar-refractivity contribution in [2.45, 2.75) is 31.6 Å². The highest BCUT2D eigenvalue weighted by Gasteiger charge is 2.51. The van der Waals surface area contributed by atoms with E-state index in [2.05, 4.69) is 23.6 Å². The number of anilines is 1. The monoisotopic (exact) mass is 444 g/mol. The van der Waals surface area contributed by atoms with Crippen LogP contribution in [0.15, 0.2) is 60.7 Å². The first-order chi connectivity index (χ1) is 16.0. The van der Waals surface area contributed by atoms with Crippen LogP contribution in [-0.2, 0) is 16.6 Å². The Morgan fingerprint density at radius 2 is 1.73 bits per heavy atom. The molecule has 1 saturated carbocycles. The van der Waals surface area contributed by atoms with E-state index in [1.54, 1.807) is 7.05 Å². The van der Waals surface area contributed by atoms with Crippen LogP contribution in [-0.4, -0.2) is 25.7 Å². The molecule has 6 nitrogen and oxygen atoms in total. The number of aryl methyl sites for hydroxylation is 1. The maximum Gasteiger partial charge on any atom is 0.251 e. The lowest BCUT2D eigenvalue weighted by Crippen LogP contribution is -2.27. The molecule has 1 aliphatic carbocycles. The minimum atomic E-state index is -0.528. The minimum absolute atomic E-state index is 0. The largest absolute Gasteiger partial charge is 0.454 e. The van der Waals surface area contributed by atoms with Gasteiger partial charge in [0.15, 0.2) is 11.5 Å². The van der Waals surface area contributed by atoms with Crippen molar-refractivity contribution in [3.8, 4) is 22.6 Å². The zero-order chi connectivity index (χ0) is 23.0. The van der Waals surface area contributed by atoms with E-state index in [1.165, 1.54) is 5.56 Å². The fourth-order valence-electron chi connectivity index (χ4n) is 4.39. The van der Waals surface area contributed by atoms with E-state index in [4.69, 9.17) is 9.47 Å². The molecule has 1 aliphatic heterocycles. The lowest BCUT2D eigenvalue weighted by Gasteiger charge is -2.18. The van der Waals surface area contributed by atoms with Gasteiger partial charge in [-0.15, -0.1) is 0 Å². The minimum Gasteiger partial charge on any atom is -0.454 e. The molecule has 0 spiro atoms. The van der Waals surface area contributed by atoms with Gasteiger partial charge in [0.2, 0.25) is 12.7 Å². The highest BCUT2D eigenvalue weighted by Crippen LogP contribution is 2.51. The number of fused-ring (bicyclic) bond motifs is 1. The summed E-state index contributed by atoms with van der Waals surface area (Å²) in [6, 6.07) is 19.3. The Hall–Kier alpha value is -3.80. The van der Waals surface area contributed by atoms with Crippen molar-refractivity contribution in [1.82, 2.24) is 5.32 Å². The third-order valence-corrected chi connectivity index (χ3v) is 6.54. The molecule has 5 rings (SSSR count). The Labute approximate surface area is 194 Å². The Morgan fingerprint density at radius 1 is 0.970 bits per heavy atom. The van der Waals surface area contributed by atoms with Gasteiger partial charge in [0, 0.05) is 19.7 Å². The molecule has 2 amide bonds. The second-order valence-electron chi connectivity index (χ2n) is 8.49. The quantitative estimate of drug-likeness (QED) is 0.566. The van der Waals surface area contributed by atoms with E-state index in [0.717, 1.165) is 47.4 Å². The number of rotatable bonds is 6. The number of benzene rings is 3. The van der Waals surface area contributed by atoms with E-state index in [0.29, 0.717) is 11.3 Å². The summed E-state index contributed by atoms with van der Waals surface area (Å²) in [5.41, 5.74) is 5.04. The zero-order valence-electron chi connectivity index (χ0n) is 18.7. The zero-order valence-corrected chi connectivity index (χ0v) is 18.7. The van der Waals surface area contributed by atoms with E-state index in [9.17, 15) is 9.59 Å². The van der Waals surface area contributed by atoms with Crippen LogP contribution in [0.2, 0.25) is 0 Å². The molecule has 3 aromatic rings. The van der Waals surface area contributed by atoms with E-state index >= 15 is 0 Å². The standard InChI is InChI=1S/C27H26N2O4.H2/c1-3-17-8-10-21(15-22(17)18-4-6-19(7-5-18)25(30)28-2)29-26(31)27(12-13-27)20-9-11-23-24(14-20)33-16-32-23;/h4-11,14-15H,3,12-13,16H2,1-2H3,(H,28,30)(H,29,31);1H. The highest BCUT2D eigenvalue weighted by molar-refractivity contribution is 6.02. The van der Waals surface area contributed by atoms with Crippen molar-refractivity contribution in [2.75, 3.05) is 19.2 Å². The number of hydrogen-bond donors (Lipinski definition) is 2. The molecule has 33 heavy (non-hydrogen) atoms. The third kappa shape index (κ3) is 3.82. The molecule has 0 bridgehead atoms. The van der Waals surface area contributed by atoms with Crippen LogP contribution in [0.4, 0.5) is 5.69 Å². The average molecular weight is 445 g/mol. The molecule has 0 unspecified atom stereocenters. The summed E-state index contributed by atoms with van der Waals surface area (Å²) < 4.78 is 10.9. The number of carbonyl (C=O) groups excluding carboxylic acids is 2. The van der Waals surface area contributed by atoms with Gasteiger partial charge < -0.3 is 20.1 Å². The molecule has 2 aliphatic rings. The Bertz CT molecular complexity index is 1240. The van der Waals surface area contributed by atoms with Crippen LogP contribution in [0.25, 0.3) is 11.1 Å². The first-order valence-corrected chi connectivity index (χ1v) is 11.2. The fourth-order valence-corrected chi connectivity index (χ4v) is 4.39. The van der Waals surface area contributed by atoms with Crippen LogP contribution in [0.5, 0.6) is 11.5 Å². The van der Waals surface area contributed by atoms with Gasteiger partial charge in [-0.05, 0) is 77.9 Å². The highest BCUT2D eigenvalue weighted by atomic mass is 16.7. The topological polar surface area (TPSA) is 76.7 Å². The Kier molecular flexibility index (Phi) is 5.29. The molecular formula is C27H28N2O4. The summed E-state index contributed by atoms with van der Waals surface area (Å²) in [6.45, 7) is 2.32. The van der Waals surface area contributed by atoms with Gasteiger partial charge in [0.1, 0.15) is 0 Å². The van der Waals surface area contributed by atoms with Crippen LogP contribution < -0.4 is 20.1 Å². The van der Waals surface area contributed by atoms with Crippen LogP contribution in [0.3, 0.4) is 0 Å². The molecule has 2 N–H and O–H groups in total. The van der Waals surface area contributed by atoms with E-state index in [1.807, 2.05) is 54.6 Å². The Morgan fingerprint density at radius 3 is 2.42 bits per heavy atom. The van der Waals surface area contributed by atoms with Crippen LogP contribution in [0.1, 0.15) is 42.7 Å². The third-order valence-electron chi connectivity index (χ3n) is 6.54. The number of carbonyl (C=O) groups is 2. The number of nitrogens with one attached hydrogen (secondary N) is 2. The SMILES string of the molecule is CCc1ccc(NC(=O)C2(c3ccc4c(c3)OCO4)CC2)cc1-c1ccc(C(=O)NC)cc1.[HH]. The summed E-state index contributed by atoms with van der Waals surface area (Å²) in [6.07, 6.45) is 2.47. The average Bonchev–Trinajstić information content (AvgIpc) is 3.54. The molecule has 1 heterocycles. The van der Waals surface area contributed by atoms with Crippen molar-refractivity contribution in [3.63, 3.8) is 0 Å². The van der Waals surface area contributed by atoms with Gasteiger partial charge >= 0.3 is 0 Å². The summed E-state index contributed by atoms with van der Waals surface area (Å²) in [5.74, 6) is 1.29. The predicted molar refractivity (Wildman–Crippen MR) is 129 cm³/mol. The normalized spacial score (nSPS) is 15.1. The van der Waals surface area contributed by atoms with Crippen molar-refractivity contribution in [1.29, 1.82) is 0 Å². The maximum atomic E-state index is 13.3. The first kappa shape index (κ1) is 21.1. The smallest absolute Gasteiger partial charge is 0.251 e. The van der Waals surface area contributed by atoms with Gasteiger partial charge in [0.05, 0.1) is 5.41 Å². The van der Waals surface area contributed by atoms with Gasteiger partial charge in [-0.1, -0.05) is 31.2 Å². The lowest BCUT2D eigenvalue weighted by atomic mass is 9.93. The fraction of sp³-hybridized carbons (Fsp3) is 0.259. The lowest BCUT2D eigenvalue weighted by molar-refractivity contribution is -0.118. The molecule has 6 heteroatoms.